The molecule has 6 heteroatoms. The van der Waals surface area contributed by atoms with Crippen molar-refractivity contribution >= 4 is 16.7 Å². The molecule has 0 unspecified atom stereocenters. The number of hydrogen-bond donors (Lipinski definition) is 1. The Bertz CT molecular complexity index is 848. The van der Waals surface area contributed by atoms with Crippen LogP contribution >= 0.6 is 0 Å². The van der Waals surface area contributed by atoms with Crippen LogP contribution in [0.4, 0.5) is 0 Å². The third kappa shape index (κ3) is 2.18. The fraction of sp³-hybridized carbons (Fsp3) is 0.0714. The Balaban J connectivity index is 1.93. The first-order chi connectivity index (χ1) is 9.63. The molecule has 2 aromatic heterocycles. The van der Waals surface area contributed by atoms with E-state index in [1.807, 2.05) is 0 Å². The van der Waals surface area contributed by atoms with Crippen molar-refractivity contribution < 1.29 is 9.53 Å². The van der Waals surface area contributed by atoms with Gasteiger partial charge in [-0.1, -0.05) is 6.07 Å². The molecule has 0 amide bonds. The summed E-state index contributed by atoms with van der Waals surface area (Å²) in [6.07, 6.45) is 4.57. The summed E-state index contributed by atoms with van der Waals surface area (Å²) in [4.78, 5) is 26.1. The molecule has 0 saturated carbocycles. The maximum absolute atomic E-state index is 11.9. The summed E-state index contributed by atoms with van der Waals surface area (Å²) in [5, 5.41) is 5.17. The van der Waals surface area contributed by atoms with Crippen molar-refractivity contribution in [2.24, 2.45) is 7.05 Å². The number of carbonyl (C=O) groups is 1. The molecule has 0 bridgehead atoms. The first-order valence-electron chi connectivity index (χ1n) is 5.96. The fourth-order valence-electron chi connectivity index (χ4n) is 1.92. The lowest BCUT2D eigenvalue weighted by Crippen LogP contribution is -2.09. The molecule has 0 radical (unpaired) electrons. The Kier molecular flexibility index (Phi) is 2.83. The van der Waals surface area contributed by atoms with Crippen molar-refractivity contribution in [1.82, 2.24) is 14.8 Å². The van der Waals surface area contributed by atoms with Gasteiger partial charge in [-0.25, -0.2) is 4.79 Å². The van der Waals surface area contributed by atoms with Gasteiger partial charge in [-0.15, -0.1) is 0 Å². The van der Waals surface area contributed by atoms with E-state index in [1.165, 1.54) is 10.9 Å². The van der Waals surface area contributed by atoms with Crippen molar-refractivity contribution in [3.8, 4) is 5.75 Å². The van der Waals surface area contributed by atoms with Crippen LogP contribution in [-0.4, -0.2) is 20.7 Å². The number of pyridine rings is 1. The largest absolute Gasteiger partial charge is 0.423 e. The first-order valence-corrected chi connectivity index (χ1v) is 5.96. The van der Waals surface area contributed by atoms with Gasteiger partial charge in [-0.3, -0.25) is 9.48 Å². The van der Waals surface area contributed by atoms with Crippen LogP contribution in [0, 0.1) is 0 Å². The van der Waals surface area contributed by atoms with E-state index in [0.29, 0.717) is 16.7 Å². The van der Waals surface area contributed by atoms with Crippen LogP contribution in [0.1, 0.15) is 10.4 Å². The number of nitrogens with one attached hydrogen (secondary N) is 1. The predicted octanol–water partition coefficient (Wildman–Crippen LogP) is 1.48. The fourth-order valence-corrected chi connectivity index (χ4v) is 1.92. The number of aryl methyl sites for hydroxylation is 1. The summed E-state index contributed by atoms with van der Waals surface area (Å²) in [5.41, 5.74) is 0.136. The van der Waals surface area contributed by atoms with Gasteiger partial charge in [0.15, 0.2) is 0 Å². The zero-order valence-electron chi connectivity index (χ0n) is 10.7. The highest BCUT2D eigenvalue weighted by atomic mass is 16.5. The van der Waals surface area contributed by atoms with Crippen LogP contribution in [0.25, 0.3) is 10.8 Å². The van der Waals surface area contributed by atoms with Crippen molar-refractivity contribution in [2.75, 3.05) is 0 Å². The lowest BCUT2D eigenvalue weighted by atomic mass is 10.2. The number of carbonyl (C=O) groups excluding carboxylic acids is 1. The van der Waals surface area contributed by atoms with Crippen molar-refractivity contribution in [3.05, 3.63) is 58.8 Å². The predicted molar refractivity (Wildman–Crippen MR) is 72.7 cm³/mol. The smallest absolute Gasteiger partial charge is 0.346 e. The van der Waals surface area contributed by atoms with E-state index >= 15 is 0 Å². The Hall–Kier alpha value is -2.89. The van der Waals surface area contributed by atoms with Crippen LogP contribution in [0.5, 0.6) is 5.75 Å². The molecule has 100 valence electrons. The van der Waals surface area contributed by atoms with Gasteiger partial charge in [0, 0.05) is 19.4 Å². The molecule has 20 heavy (non-hydrogen) atoms. The van der Waals surface area contributed by atoms with E-state index in [4.69, 9.17) is 4.74 Å². The molecule has 0 atom stereocenters. The number of aromatic amines is 1. The molecule has 2 heterocycles. The average Bonchev–Trinajstić information content (AvgIpc) is 2.86. The zero-order chi connectivity index (χ0) is 14.1. The lowest BCUT2D eigenvalue weighted by molar-refractivity contribution is 0.0735. The summed E-state index contributed by atoms with van der Waals surface area (Å²) in [6, 6.07) is 6.71. The highest BCUT2D eigenvalue weighted by Crippen LogP contribution is 2.18. The topological polar surface area (TPSA) is 77.0 Å². The second-order valence-electron chi connectivity index (χ2n) is 4.35. The van der Waals surface area contributed by atoms with Gasteiger partial charge in [0.2, 0.25) is 0 Å². The minimum absolute atomic E-state index is 0.221. The zero-order valence-corrected chi connectivity index (χ0v) is 10.7. The number of nitrogens with zero attached hydrogens (tertiary/aromatic N) is 2. The molecular weight excluding hydrogens is 258 g/mol. The lowest BCUT2D eigenvalue weighted by Gasteiger charge is -2.03. The van der Waals surface area contributed by atoms with Crippen LogP contribution < -0.4 is 10.3 Å². The second kappa shape index (κ2) is 4.65. The monoisotopic (exact) mass is 269 g/mol. The third-order valence-corrected chi connectivity index (χ3v) is 2.90. The van der Waals surface area contributed by atoms with E-state index in [-0.39, 0.29) is 5.56 Å². The van der Waals surface area contributed by atoms with E-state index in [2.05, 4.69) is 10.1 Å². The Morgan fingerprint density at radius 2 is 2.20 bits per heavy atom. The SMILES string of the molecule is Cn1cc(C(=O)Oc2ccc3cc[nH]c(=O)c3c2)cn1. The van der Waals surface area contributed by atoms with E-state index < -0.39 is 5.97 Å². The van der Waals surface area contributed by atoms with E-state index in [9.17, 15) is 9.59 Å². The van der Waals surface area contributed by atoms with Gasteiger partial charge in [0.25, 0.3) is 5.56 Å². The molecule has 0 fully saturated rings. The molecule has 1 aromatic carbocycles. The van der Waals surface area contributed by atoms with E-state index in [1.54, 1.807) is 43.7 Å². The van der Waals surface area contributed by atoms with Crippen LogP contribution in [-0.2, 0) is 7.05 Å². The number of esters is 1. The van der Waals surface area contributed by atoms with Crippen LogP contribution in [0.3, 0.4) is 0 Å². The van der Waals surface area contributed by atoms with Gasteiger partial charge >= 0.3 is 5.97 Å². The summed E-state index contributed by atoms with van der Waals surface area (Å²) in [5.74, 6) is -0.187. The van der Waals surface area contributed by atoms with Gasteiger partial charge in [0.1, 0.15) is 5.75 Å². The molecule has 0 saturated heterocycles. The number of rotatable bonds is 2. The normalized spacial score (nSPS) is 10.7. The molecule has 0 aliphatic heterocycles. The van der Waals surface area contributed by atoms with Gasteiger partial charge in [-0.2, -0.15) is 5.10 Å². The molecular formula is C14H11N3O3. The molecule has 0 aliphatic carbocycles. The maximum atomic E-state index is 11.9. The third-order valence-electron chi connectivity index (χ3n) is 2.90. The average molecular weight is 269 g/mol. The van der Waals surface area contributed by atoms with Gasteiger partial charge in [0.05, 0.1) is 17.1 Å². The highest BCUT2D eigenvalue weighted by Gasteiger charge is 2.11. The molecule has 0 aliphatic rings. The molecule has 3 rings (SSSR count). The quantitative estimate of drug-likeness (QED) is 0.564. The van der Waals surface area contributed by atoms with Crippen LogP contribution in [0.2, 0.25) is 0 Å². The molecule has 3 aromatic rings. The summed E-state index contributed by atoms with van der Waals surface area (Å²) >= 11 is 0. The van der Waals surface area contributed by atoms with Crippen molar-refractivity contribution in [2.45, 2.75) is 0 Å². The van der Waals surface area contributed by atoms with Gasteiger partial charge < -0.3 is 9.72 Å². The van der Waals surface area contributed by atoms with Gasteiger partial charge in [-0.05, 0) is 23.6 Å². The van der Waals surface area contributed by atoms with Crippen LogP contribution in [0.15, 0.2) is 47.7 Å². The number of H-pyrrole nitrogens is 1. The minimum atomic E-state index is -0.509. The number of ether oxygens (including phenoxy) is 1. The molecule has 1 N–H and O–H groups in total. The Morgan fingerprint density at radius 1 is 1.35 bits per heavy atom. The summed E-state index contributed by atoms with van der Waals surface area (Å²) in [7, 11) is 1.71. The van der Waals surface area contributed by atoms with Crippen molar-refractivity contribution in [1.29, 1.82) is 0 Å². The highest BCUT2D eigenvalue weighted by molar-refractivity contribution is 5.91. The Labute approximate surface area is 113 Å². The Morgan fingerprint density at radius 3 is 2.95 bits per heavy atom. The number of benzene rings is 1. The first kappa shape index (κ1) is 12.2. The summed E-state index contributed by atoms with van der Waals surface area (Å²) < 4.78 is 6.75. The standard InChI is InChI=1S/C14H11N3O3/c1-17-8-10(7-16-17)14(19)20-11-3-2-9-4-5-15-13(18)12(9)6-11/h2-8H,1H3,(H,15,18). The number of aromatic nitrogens is 3. The molecule has 6 nitrogen and oxygen atoms in total. The second-order valence-corrected chi connectivity index (χ2v) is 4.35. The summed E-state index contributed by atoms with van der Waals surface area (Å²) in [6.45, 7) is 0. The van der Waals surface area contributed by atoms with E-state index in [0.717, 1.165) is 5.39 Å². The molecule has 0 spiro atoms. The number of fused-ring (bicyclic) bond motifs is 1. The maximum Gasteiger partial charge on any atom is 0.346 e. The minimum Gasteiger partial charge on any atom is -0.423 e. The van der Waals surface area contributed by atoms with Crippen molar-refractivity contribution in [3.63, 3.8) is 0 Å². The number of hydrogen-bond acceptors (Lipinski definition) is 4.